The van der Waals surface area contributed by atoms with Crippen molar-refractivity contribution in [1.82, 2.24) is 10.2 Å². The minimum Gasteiger partial charge on any atom is -0.481 e. The molecule has 1 fully saturated rings. The lowest BCUT2D eigenvalue weighted by Gasteiger charge is -2.28. The summed E-state index contributed by atoms with van der Waals surface area (Å²) >= 11 is 0. The van der Waals surface area contributed by atoms with Crippen LogP contribution in [-0.4, -0.2) is 40.6 Å². The molecule has 2 N–H and O–H groups in total. The Labute approximate surface area is 102 Å². The molecular weight excluding hydrogens is 220 g/mol. The molecule has 0 saturated heterocycles. The first-order valence-corrected chi connectivity index (χ1v) is 6.19. The lowest BCUT2D eigenvalue weighted by Crippen LogP contribution is -2.48. The van der Waals surface area contributed by atoms with Crippen molar-refractivity contribution in [3.63, 3.8) is 0 Å². The molecular formula is C12H22N2O3. The third-order valence-electron chi connectivity index (χ3n) is 2.89. The van der Waals surface area contributed by atoms with E-state index in [1.165, 1.54) is 12.8 Å². The van der Waals surface area contributed by atoms with Gasteiger partial charge in [-0.1, -0.05) is 0 Å². The van der Waals surface area contributed by atoms with Crippen LogP contribution >= 0.6 is 0 Å². The number of nitrogens with one attached hydrogen (secondary N) is 1. The highest BCUT2D eigenvalue weighted by Gasteiger charge is 2.28. The van der Waals surface area contributed by atoms with Crippen molar-refractivity contribution in [3.05, 3.63) is 0 Å². The van der Waals surface area contributed by atoms with Crippen molar-refractivity contribution >= 4 is 12.0 Å². The number of hydrogen-bond donors (Lipinski definition) is 2. The van der Waals surface area contributed by atoms with Crippen molar-refractivity contribution < 1.29 is 14.7 Å². The van der Waals surface area contributed by atoms with E-state index in [9.17, 15) is 9.59 Å². The summed E-state index contributed by atoms with van der Waals surface area (Å²) in [7, 11) is 0. The molecule has 0 aliphatic heterocycles. The van der Waals surface area contributed by atoms with Gasteiger partial charge in [0, 0.05) is 18.6 Å². The molecule has 1 unspecified atom stereocenters. The smallest absolute Gasteiger partial charge is 0.317 e. The predicted octanol–water partition coefficient (Wildman–Crippen LogP) is 1.68. The zero-order valence-corrected chi connectivity index (χ0v) is 10.8. The van der Waals surface area contributed by atoms with Gasteiger partial charge in [0.1, 0.15) is 0 Å². The van der Waals surface area contributed by atoms with Crippen LogP contribution in [0.3, 0.4) is 0 Å². The van der Waals surface area contributed by atoms with Crippen LogP contribution in [0.1, 0.15) is 40.0 Å². The van der Waals surface area contributed by atoms with Crippen LogP contribution < -0.4 is 5.32 Å². The molecule has 5 heteroatoms. The summed E-state index contributed by atoms with van der Waals surface area (Å²) in [6.45, 7) is 6.44. The fraction of sp³-hybridized carbons (Fsp3) is 0.833. The maximum atomic E-state index is 12.0. The molecule has 0 aromatic heterocycles. The monoisotopic (exact) mass is 242 g/mol. The first-order chi connectivity index (χ1) is 7.90. The number of carboxylic acid groups (broad SMARTS) is 1. The fourth-order valence-electron chi connectivity index (χ4n) is 1.71. The van der Waals surface area contributed by atoms with E-state index < -0.39 is 5.97 Å². The molecule has 0 spiro atoms. The Morgan fingerprint density at radius 1 is 1.35 bits per heavy atom. The molecule has 5 nitrogen and oxygen atoms in total. The Morgan fingerprint density at radius 3 is 2.35 bits per heavy atom. The van der Waals surface area contributed by atoms with Crippen LogP contribution in [0, 0.1) is 5.92 Å². The molecule has 2 amide bonds. The lowest BCUT2D eigenvalue weighted by atomic mass is 10.2. The van der Waals surface area contributed by atoms with Gasteiger partial charge in [-0.2, -0.15) is 0 Å². The molecule has 1 aliphatic rings. The molecule has 0 bridgehead atoms. The molecule has 1 rings (SSSR count). The van der Waals surface area contributed by atoms with Crippen LogP contribution in [0.5, 0.6) is 0 Å². The summed E-state index contributed by atoms with van der Waals surface area (Å²) in [4.78, 5) is 24.3. The Kier molecular flexibility index (Phi) is 4.78. The van der Waals surface area contributed by atoms with Crippen molar-refractivity contribution in [2.24, 2.45) is 5.92 Å². The number of urea groups is 1. The fourth-order valence-corrected chi connectivity index (χ4v) is 1.71. The number of amides is 2. The summed E-state index contributed by atoms with van der Waals surface area (Å²) in [5.74, 6) is -0.256. The third-order valence-corrected chi connectivity index (χ3v) is 2.89. The van der Waals surface area contributed by atoms with Crippen molar-refractivity contribution in [3.8, 4) is 0 Å². The predicted molar refractivity (Wildman–Crippen MR) is 64.8 cm³/mol. The van der Waals surface area contributed by atoms with E-state index >= 15 is 0 Å². The van der Waals surface area contributed by atoms with Crippen molar-refractivity contribution in [2.45, 2.75) is 52.1 Å². The van der Waals surface area contributed by atoms with Crippen LogP contribution in [0.15, 0.2) is 0 Å². The van der Waals surface area contributed by atoms with Gasteiger partial charge in [-0.05, 0) is 39.5 Å². The summed E-state index contributed by atoms with van der Waals surface area (Å²) < 4.78 is 0. The summed E-state index contributed by atoms with van der Waals surface area (Å²) in [5, 5.41) is 11.4. The van der Waals surface area contributed by atoms with E-state index in [2.05, 4.69) is 5.32 Å². The number of carboxylic acids is 1. The van der Waals surface area contributed by atoms with Gasteiger partial charge in [0.2, 0.25) is 0 Å². The van der Waals surface area contributed by atoms with Crippen molar-refractivity contribution in [2.75, 3.05) is 6.54 Å². The summed E-state index contributed by atoms with van der Waals surface area (Å²) in [6.07, 6.45) is 2.35. The average molecular weight is 242 g/mol. The second-order valence-electron chi connectivity index (χ2n) is 5.14. The SMILES string of the molecule is CC(CC(=O)O)NC(=O)N(CC1CC1)C(C)C. The van der Waals surface area contributed by atoms with E-state index in [-0.39, 0.29) is 24.5 Å². The first-order valence-electron chi connectivity index (χ1n) is 6.19. The topological polar surface area (TPSA) is 69.6 Å². The van der Waals surface area contributed by atoms with Crippen LogP contribution in [0.25, 0.3) is 0 Å². The van der Waals surface area contributed by atoms with E-state index in [1.807, 2.05) is 13.8 Å². The molecule has 0 radical (unpaired) electrons. The maximum absolute atomic E-state index is 12.0. The van der Waals surface area contributed by atoms with Gasteiger partial charge in [-0.3, -0.25) is 4.79 Å². The number of nitrogens with zero attached hydrogens (tertiary/aromatic N) is 1. The summed E-state index contributed by atoms with van der Waals surface area (Å²) in [6, 6.07) is -0.339. The van der Waals surface area contributed by atoms with Gasteiger partial charge in [0.25, 0.3) is 0 Å². The normalized spacial score (nSPS) is 16.7. The second-order valence-corrected chi connectivity index (χ2v) is 5.14. The molecule has 0 aromatic rings. The zero-order chi connectivity index (χ0) is 13.0. The van der Waals surface area contributed by atoms with Gasteiger partial charge >= 0.3 is 12.0 Å². The molecule has 1 aliphatic carbocycles. The van der Waals surface area contributed by atoms with E-state index in [0.717, 1.165) is 6.54 Å². The third kappa shape index (κ3) is 5.06. The molecule has 0 heterocycles. The number of carbonyl (C=O) groups excluding carboxylic acids is 1. The number of rotatable bonds is 6. The maximum Gasteiger partial charge on any atom is 0.317 e. The molecule has 1 saturated carbocycles. The van der Waals surface area contributed by atoms with Gasteiger partial charge in [0.05, 0.1) is 6.42 Å². The molecule has 98 valence electrons. The first kappa shape index (κ1) is 13.8. The highest BCUT2D eigenvalue weighted by atomic mass is 16.4. The van der Waals surface area contributed by atoms with Crippen LogP contribution in [-0.2, 0) is 4.79 Å². The Bertz CT molecular complexity index is 287. The number of carbonyl (C=O) groups is 2. The van der Waals surface area contributed by atoms with Gasteiger partial charge < -0.3 is 15.3 Å². The minimum atomic E-state index is -0.893. The Morgan fingerprint density at radius 2 is 1.94 bits per heavy atom. The number of hydrogen-bond acceptors (Lipinski definition) is 2. The van der Waals surface area contributed by atoms with Gasteiger partial charge in [0.15, 0.2) is 0 Å². The van der Waals surface area contributed by atoms with Crippen LogP contribution in [0.2, 0.25) is 0 Å². The Hall–Kier alpha value is -1.26. The van der Waals surface area contributed by atoms with Gasteiger partial charge in [-0.15, -0.1) is 0 Å². The van der Waals surface area contributed by atoms with E-state index in [4.69, 9.17) is 5.11 Å². The largest absolute Gasteiger partial charge is 0.481 e. The zero-order valence-electron chi connectivity index (χ0n) is 10.8. The van der Waals surface area contributed by atoms with E-state index in [1.54, 1.807) is 11.8 Å². The van der Waals surface area contributed by atoms with Gasteiger partial charge in [-0.25, -0.2) is 4.79 Å². The molecule has 1 atom stereocenters. The Balaban J connectivity index is 2.43. The standard InChI is InChI=1S/C12H22N2O3/c1-8(2)14(7-10-4-5-10)12(17)13-9(3)6-11(15)16/h8-10H,4-7H2,1-3H3,(H,13,17)(H,15,16). The molecule has 17 heavy (non-hydrogen) atoms. The number of aliphatic carboxylic acids is 1. The molecule has 0 aromatic carbocycles. The summed E-state index contributed by atoms with van der Waals surface area (Å²) in [5.41, 5.74) is 0. The van der Waals surface area contributed by atoms with E-state index in [0.29, 0.717) is 5.92 Å². The van der Waals surface area contributed by atoms with Crippen LogP contribution in [0.4, 0.5) is 4.79 Å². The lowest BCUT2D eigenvalue weighted by molar-refractivity contribution is -0.137. The quantitative estimate of drug-likeness (QED) is 0.744. The average Bonchev–Trinajstić information content (AvgIpc) is 2.94. The second kappa shape index (κ2) is 5.89. The van der Waals surface area contributed by atoms with Crippen molar-refractivity contribution in [1.29, 1.82) is 0 Å². The highest BCUT2D eigenvalue weighted by Crippen LogP contribution is 2.30. The minimum absolute atomic E-state index is 0.0406. The highest BCUT2D eigenvalue weighted by molar-refractivity contribution is 5.76.